The van der Waals surface area contributed by atoms with Gasteiger partial charge in [0.05, 0.1) is 36.4 Å². The molecule has 0 aliphatic carbocycles. The second-order valence-corrected chi connectivity index (χ2v) is 9.67. The molecule has 0 aromatic heterocycles. The summed E-state index contributed by atoms with van der Waals surface area (Å²) < 4.78 is 46.1. The molecule has 1 saturated heterocycles. The standard InChI is InChI=1S/C29H30F3N3O2/c1-19(20-8-4-3-5-9-20)33-28(36)23-17-21-16-22(29(30,31)32)12-13-24(21)35-15-14-34(18-26(23)35)25-10-6-7-11-27(25)37-2/h3-13,16,19,23,26H,14-15,17-18H2,1-2H3,(H,33,36)/t19-,23+,26+/m1/s1. The molecule has 5 rings (SSSR count). The molecule has 0 spiro atoms. The number of halogens is 3. The van der Waals surface area contributed by atoms with Crippen LogP contribution in [-0.4, -0.2) is 38.7 Å². The molecule has 2 aliphatic heterocycles. The van der Waals surface area contributed by atoms with Crippen LogP contribution in [0.1, 0.15) is 29.7 Å². The molecule has 8 heteroatoms. The third-order valence-electron chi connectivity index (χ3n) is 7.46. The molecule has 5 nitrogen and oxygen atoms in total. The highest BCUT2D eigenvalue weighted by Gasteiger charge is 2.43. The molecule has 2 aliphatic rings. The van der Waals surface area contributed by atoms with Crippen molar-refractivity contribution >= 4 is 17.3 Å². The minimum absolute atomic E-state index is 0.156. The molecule has 194 valence electrons. The number of alkyl halides is 3. The molecule has 37 heavy (non-hydrogen) atoms. The van der Waals surface area contributed by atoms with E-state index in [4.69, 9.17) is 4.74 Å². The molecule has 0 radical (unpaired) electrons. The molecular weight excluding hydrogens is 479 g/mol. The highest BCUT2D eigenvalue weighted by molar-refractivity contribution is 5.83. The van der Waals surface area contributed by atoms with E-state index in [1.54, 1.807) is 13.2 Å². The van der Waals surface area contributed by atoms with Crippen molar-refractivity contribution in [3.63, 3.8) is 0 Å². The predicted octanol–water partition coefficient (Wildman–Crippen LogP) is 5.46. The van der Waals surface area contributed by atoms with Gasteiger partial charge < -0.3 is 19.9 Å². The molecule has 1 N–H and O–H groups in total. The van der Waals surface area contributed by atoms with E-state index in [1.807, 2.05) is 61.5 Å². The van der Waals surface area contributed by atoms with Crippen LogP contribution in [0, 0.1) is 5.92 Å². The fourth-order valence-electron chi connectivity index (χ4n) is 5.55. The quantitative estimate of drug-likeness (QED) is 0.496. The Morgan fingerprint density at radius 1 is 1.00 bits per heavy atom. The Kier molecular flexibility index (Phi) is 6.75. The Balaban J connectivity index is 1.48. The molecule has 3 aromatic carbocycles. The van der Waals surface area contributed by atoms with Crippen molar-refractivity contribution in [2.24, 2.45) is 5.92 Å². The van der Waals surface area contributed by atoms with Crippen LogP contribution < -0.4 is 19.9 Å². The number of nitrogens with zero attached hydrogens (tertiary/aromatic N) is 2. The molecule has 1 fully saturated rings. The van der Waals surface area contributed by atoms with Gasteiger partial charge in [-0.3, -0.25) is 4.79 Å². The highest BCUT2D eigenvalue weighted by atomic mass is 19.4. The van der Waals surface area contributed by atoms with Crippen LogP contribution in [-0.2, 0) is 17.4 Å². The number of rotatable bonds is 5. The van der Waals surface area contributed by atoms with Gasteiger partial charge >= 0.3 is 6.18 Å². The fraction of sp³-hybridized carbons (Fsp3) is 0.345. The average Bonchev–Trinajstić information content (AvgIpc) is 2.91. The van der Waals surface area contributed by atoms with Crippen molar-refractivity contribution in [1.82, 2.24) is 5.32 Å². The average molecular weight is 510 g/mol. The maximum atomic E-state index is 13.7. The maximum absolute atomic E-state index is 13.7. The van der Waals surface area contributed by atoms with Crippen molar-refractivity contribution < 1.29 is 22.7 Å². The monoisotopic (exact) mass is 509 g/mol. The first-order valence-electron chi connectivity index (χ1n) is 12.5. The largest absolute Gasteiger partial charge is 0.495 e. The van der Waals surface area contributed by atoms with E-state index in [-0.39, 0.29) is 24.4 Å². The van der Waals surface area contributed by atoms with E-state index in [1.165, 1.54) is 6.07 Å². The molecule has 3 atom stereocenters. The zero-order chi connectivity index (χ0) is 26.2. The number of hydrogen-bond acceptors (Lipinski definition) is 4. The molecule has 0 bridgehead atoms. The Morgan fingerprint density at radius 2 is 1.73 bits per heavy atom. The molecule has 2 heterocycles. The van der Waals surface area contributed by atoms with Crippen LogP contribution in [0.15, 0.2) is 72.8 Å². The number of fused-ring (bicyclic) bond motifs is 3. The van der Waals surface area contributed by atoms with Gasteiger partial charge in [-0.2, -0.15) is 13.2 Å². The topological polar surface area (TPSA) is 44.8 Å². The number of benzene rings is 3. The number of piperazine rings is 1. The molecular formula is C29H30F3N3O2. The lowest BCUT2D eigenvalue weighted by atomic mass is 9.82. The van der Waals surface area contributed by atoms with Gasteiger partial charge in [-0.15, -0.1) is 0 Å². The lowest BCUT2D eigenvalue weighted by Crippen LogP contribution is -2.61. The Bertz CT molecular complexity index is 1260. The number of para-hydroxylation sites is 2. The van der Waals surface area contributed by atoms with Crippen molar-refractivity contribution in [3.8, 4) is 5.75 Å². The molecule has 0 saturated carbocycles. The van der Waals surface area contributed by atoms with Gasteiger partial charge in [-0.1, -0.05) is 42.5 Å². The van der Waals surface area contributed by atoms with Crippen LogP contribution in [0.4, 0.5) is 24.5 Å². The van der Waals surface area contributed by atoms with E-state index >= 15 is 0 Å². The van der Waals surface area contributed by atoms with Crippen molar-refractivity contribution in [3.05, 3.63) is 89.5 Å². The van der Waals surface area contributed by atoms with E-state index in [0.29, 0.717) is 25.2 Å². The molecule has 0 unspecified atom stereocenters. The summed E-state index contributed by atoms with van der Waals surface area (Å²) in [7, 11) is 1.63. The van der Waals surface area contributed by atoms with Crippen LogP contribution in [0.3, 0.4) is 0 Å². The van der Waals surface area contributed by atoms with Gasteiger partial charge in [0.25, 0.3) is 0 Å². The van der Waals surface area contributed by atoms with Crippen LogP contribution in [0.25, 0.3) is 0 Å². The summed E-state index contributed by atoms with van der Waals surface area (Å²) in [4.78, 5) is 18.0. The summed E-state index contributed by atoms with van der Waals surface area (Å²) in [6, 6.07) is 20.9. The van der Waals surface area contributed by atoms with Crippen molar-refractivity contribution in [2.45, 2.75) is 31.6 Å². The second kappa shape index (κ2) is 10.00. The minimum atomic E-state index is -4.44. The Morgan fingerprint density at radius 3 is 2.46 bits per heavy atom. The summed E-state index contributed by atoms with van der Waals surface area (Å²) in [6.07, 6.45) is -4.19. The zero-order valence-corrected chi connectivity index (χ0v) is 20.8. The first-order valence-corrected chi connectivity index (χ1v) is 12.5. The number of ether oxygens (including phenoxy) is 1. The lowest BCUT2D eigenvalue weighted by molar-refractivity contribution is -0.137. The van der Waals surface area contributed by atoms with Gasteiger partial charge in [-0.25, -0.2) is 0 Å². The Hall–Kier alpha value is -3.68. The maximum Gasteiger partial charge on any atom is 0.416 e. The van der Waals surface area contributed by atoms with Crippen LogP contribution in [0.5, 0.6) is 5.75 Å². The van der Waals surface area contributed by atoms with Gasteiger partial charge in [0, 0.05) is 25.3 Å². The third kappa shape index (κ3) is 4.97. The molecule has 3 aromatic rings. The number of carbonyl (C=O) groups is 1. The number of carbonyl (C=O) groups excluding carboxylic acids is 1. The summed E-state index contributed by atoms with van der Waals surface area (Å²) in [5.74, 6) is 0.0802. The lowest BCUT2D eigenvalue weighted by Gasteiger charge is -2.50. The van der Waals surface area contributed by atoms with Crippen molar-refractivity contribution in [1.29, 1.82) is 0 Å². The van der Waals surface area contributed by atoms with E-state index < -0.39 is 17.7 Å². The minimum Gasteiger partial charge on any atom is -0.495 e. The normalized spacial score (nSPS) is 20.0. The van der Waals surface area contributed by atoms with Gasteiger partial charge in [0.2, 0.25) is 5.91 Å². The number of amides is 1. The molecule has 1 amide bonds. The van der Waals surface area contributed by atoms with Gasteiger partial charge in [-0.05, 0) is 54.8 Å². The number of anilines is 2. The third-order valence-corrected chi connectivity index (χ3v) is 7.46. The summed E-state index contributed by atoms with van der Waals surface area (Å²) >= 11 is 0. The first-order chi connectivity index (χ1) is 17.8. The number of methoxy groups -OCH3 is 1. The van der Waals surface area contributed by atoms with E-state index in [9.17, 15) is 18.0 Å². The van der Waals surface area contributed by atoms with E-state index in [0.717, 1.165) is 28.8 Å². The zero-order valence-electron chi connectivity index (χ0n) is 20.8. The van der Waals surface area contributed by atoms with Crippen LogP contribution >= 0.6 is 0 Å². The predicted molar refractivity (Wildman–Crippen MR) is 138 cm³/mol. The highest BCUT2D eigenvalue weighted by Crippen LogP contribution is 2.41. The number of nitrogens with one attached hydrogen (secondary N) is 1. The smallest absolute Gasteiger partial charge is 0.416 e. The van der Waals surface area contributed by atoms with E-state index in [2.05, 4.69) is 15.1 Å². The SMILES string of the molecule is COc1ccccc1N1CCN2c3ccc(C(F)(F)F)cc3C[C@H](C(=O)N[C@H](C)c3ccccc3)[C@@H]2C1. The second-order valence-electron chi connectivity index (χ2n) is 9.67. The Labute approximate surface area is 214 Å². The number of hydrogen-bond donors (Lipinski definition) is 1. The first kappa shape index (κ1) is 25.0. The van der Waals surface area contributed by atoms with Crippen molar-refractivity contribution in [2.75, 3.05) is 36.5 Å². The van der Waals surface area contributed by atoms with Gasteiger partial charge in [0.1, 0.15) is 5.75 Å². The summed E-state index contributed by atoms with van der Waals surface area (Å²) in [6.45, 7) is 3.72. The summed E-state index contributed by atoms with van der Waals surface area (Å²) in [5, 5.41) is 3.12. The fourth-order valence-corrected chi connectivity index (χ4v) is 5.55. The van der Waals surface area contributed by atoms with Gasteiger partial charge in [0.15, 0.2) is 0 Å². The summed E-state index contributed by atoms with van der Waals surface area (Å²) in [5.41, 5.74) is 2.57. The van der Waals surface area contributed by atoms with Crippen LogP contribution in [0.2, 0.25) is 0 Å².